The molecule has 1 aromatic heterocycles. The van der Waals surface area contributed by atoms with Crippen molar-refractivity contribution in [3.05, 3.63) is 32.6 Å². The van der Waals surface area contributed by atoms with Gasteiger partial charge < -0.3 is 33.2 Å². The fourth-order valence-electron chi connectivity index (χ4n) is 3.36. The molecule has 1 aromatic rings. The summed E-state index contributed by atoms with van der Waals surface area (Å²) in [5, 5.41) is 0. The van der Waals surface area contributed by atoms with E-state index < -0.39 is 62.8 Å². The third kappa shape index (κ3) is 6.27. The smallest absolute Gasteiger partial charge is 0.330 e. The molecule has 12 nitrogen and oxygen atoms in total. The van der Waals surface area contributed by atoms with Crippen LogP contribution in [0.3, 0.4) is 0 Å². The zero-order valence-corrected chi connectivity index (χ0v) is 19.9. The molecule has 2 heterocycles. The molecule has 32 heavy (non-hydrogen) atoms. The summed E-state index contributed by atoms with van der Waals surface area (Å²) < 4.78 is 42.4. The normalized spacial score (nSPS) is 28.2. The maximum atomic E-state index is 12.6. The summed E-state index contributed by atoms with van der Waals surface area (Å²) in [7, 11) is -8.79. The Balaban J connectivity index is 1.99. The van der Waals surface area contributed by atoms with Gasteiger partial charge >= 0.3 is 13.3 Å². The highest BCUT2D eigenvalue weighted by atomic mass is 31.2. The average molecular weight is 495 g/mol. The molecule has 1 aliphatic carbocycles. The second-order valence-electron chi connectivity index (χ2n) is 8.67. The molecule has 0 radical (unpaired) electrons. The third-order valence-electron chi connectivity index (χ3n) is 5.53. The fourth-order valence-corrected chi connectivity index (χ4v) is 4.79. The minimum absolute atomic E-state index is 0.218. The maximum absolute atomic E-state index is 12.6. The molecule has 1 saturated heterocycles. The highest BCUT2D eigenvalue weighted by molar-refractivity contribution is 7.52. The van der Waals surface area contributed by atoms with Crippen molar-refractivity contribution in [2.24, 2.45) is 5.92 Å². The zero-order valence-electron chi connectivity index (χ0n) is 18.1. The number of H-pyrrole nitrogens is 1. The van der Waals surface area contributed by atoms with Crippen molar-refractivity contribution in [1.29, 1.82) is 0 Å². The summed E-state index contributed by atoms with van der Waals surface area (Å²) in [6, 6.07) is 0. The van der Waals surface area contributed by atoms with E-state index in [2.05, 4.69) is 4.98 Å². The van der Waals surface area contributed by atoms with E-state index in [0.717, 1.165) is 17.4 Å². The number of aromatic nitrogens is 2. The van der Waals surface area contributed by atoms with Gasteiger partial charge in [-0.2, -0.15) is 0 Å². The second kappa shape index (κ2) is 9.64. The molecule has 2 aliphatic rings. The summed E-state index contributed by atoms with van der Waals surface area (Å²) in [6.45, 7) is 4.67. The number of hydrogen-bond donors (Lipinski definition) is 3. The van der Waals surface area contributed by atoms with Crippen molar-refractivity contribution in [3.8, 4) is 0 Å². The van der Waals surface area contributed by atoms with Gasteiger partial charge in [-0.15, -0.1) is 0 Å². The molecule has 0 amide bonds. The number of rotatable bonds is 10. The Morgan fingerprint density at radius 1 is 1.28 bits per heavy atom. The van der Waals surface area contributed by atoms with Crippen molar-refractivity contribution < 1.29 is 37.8 Å². The lowest BCUT2D eigenvalue weighted by atomic mass is 10.1. The lowest BCUT2D eigenvalue weighted by Gasteiger charge is -2.34. The first-order valence-corrected chi connectivity index (χ1v) is 13.8. The largest absolute Gasteiger partial charge is 0.778 e. The first-order valence-electron chi connectivity index (χ1n) is 10.4. The van der Waals surface area contributed by atoms with Crippen molar-refractivity contribution >= 4 is 15.2 Å². The molecule has 14 heteroatoms. The van der Waals surface area contributed by atoms with E-state index in [9.17, 15) is 33.4 Å². The molecule has 0 aromatic carbocycles. The Hall–Kier alpha value is -1.10. The molecule has 1 saturated carbocycles. The molecular weight excluding hydrogens is 466 g/mol. The standard InChI is InChI=1S/C18H30N2O10P2/c1-10(2)32(26,27)30-14-13(6-7-31(23,24)25)29-17(15(14)28-9-12-4-5-12)20-8-11(3)16(21)19-18(20)22/h8,10,12-15,17H,4-7,9H2,1-3H3,(H,26,27)(H,19,21,22)(H2,23,24,25)/p-1. The first kappa shape index (κ1) is 25.5. The van der Waals surface area contributed by atoms with Crippen LogP contribution in [0.2, 0.25) is 0 Å². The molecule has 3 rings (SSSR count). The summed E-state index contributed by atoms with van der Waals surface area (Å²) in [5.41, 5.74) is -1.99. The molecule has 3 N–H and O–H groups in total. The minimum Gasteiger partial charge on any atom is -0.778 e. The van der Waals surface area contributed by atoms with Gasteiger partial charge in [0.05, 0.1) is 18.9 Å². The SMILES string of the molecule is Cc1cn(C2OC(CCP(=O)(O)O)C(OP(=O)([O-])C(C)C)C2OCC2CC2)c(=O)[nH]c1=O. The molecule has 5 atom stereocenters. The molecule has 0 bridgehead atoms. The van der Waals surface area contributed by atoms with Crippen LogP contribution in [-0.4, -0.2) is 56.1 Å². The molecule has 1 aliphatic heterocycles. The molecule has 0 spiro atoms. The lowest BCUT2D eigenvalue weighted by molar-refractivity contribution is -0.209. The van der Waals surface area contributed by atoms with Crippen molar-refractivity contribution in [3.63, 3.8) is 0 Å². The van der Waals surface area contributed by atoms with Gasteiger partial charge in [-0.1, -0.05) is 13.8 Å². The van der Waals surface area contributed by atoms with Crippen molar-refractivity contribution in [2.75, 3.05) is 12.8 Å². The van der Waals surface area contributed by atoms with Crippen LogP contribution in [0.4, 0.5) is 0 Å². The van der Waals surface area contributed by atoms with Crippen LogP contribution in [0.5, 0.6) is 0 Å². The summed E-state index contributed by atoms with van der Waals surface area (Å²) in [4.78, 5) is 57.6. The van der Waals surface area contributed by atoms with Gasteiger partial charge in [0, 0.05) is 17.4 Å². The van der Waals surface area contributed by atoms with Crippen molar-refractivity contribution in [2.45, 2.75) is 70.2 Å². The quantitative estimate of drug-likeness (QED) is 0.386. The maximum Gasteiger partial charge on any atom is 0.330 e. The number of nitrogens with zero attached hydrogens (tertiary/aromatic N) is 1. The Morgan fingerprint density at radius 2 is 1.94 bits per heavy atom. The van der Waals surface area contributed by atoms with E-state index in [0.29, 0.717) is 5.92 Å². The number of hydrogen-bond acceptors (Lipinski definition) is 8. The Kier molecular flexibility index (Phi) is 7.69. The highest BCUT2D eigenvalue weighted by Crippen LogP contribution is 2.49. The number of aryl methyl sites for hydroxylation is 1. The van der Waals surface area contributed by atoms with Crippen LogP contribution >= 0.6 is 15.2 Å². The number of nitrogens with one attached hydrogen (secondary N) is 1. The van der Waals surface area contributed by atoms with E-state index >= 15 is 0 Å². The van der Waals surface area contributed by atoms with Gasteiger partial charge in [0.15, 0.2) is 6.23 Å². The van der Waals surface area contributed by atoms with Crippen LogP contribution in [0.25, 0.3) is 0 Å². The van der Waals surface area contributed by atoms with Gasteiger partial charge in [0.25, 0.3) is 5.56 Å². The summed E-state index contributed by atoms with van der Waals surface area (Å²) >= 11 is 0. The monoisotopic (exact) mass is 495 g/mol. The van der Waals surface area contributed by atoms with E-state index in [1.54, 1.807) is 0 Å². The minimum atomic E-state index is -4.41. The molecular formula is C18H29N2O10P2-. The van der Waals surface area contributed by atoms with E-state index in [1.165, 1.54) is 27.0 Å². The van der Waals surface area contributed by atoms with Gasteiger partial charge in [-0.25, -0.2) is 4.79 Å². The summed E-state index contributed by atoms with van der Waals surface area (Å²) in [5.74, 6) is 0.295. The molecule has 5 unspecified atom stereocenters. The molecule has 2 fully saturated rings. The summed E-state index contributed by atoms with van der Waals surface area (Å²) in [6.07, 6.45) is -2.11. The third-order valence-corrected chi connectivity index (χ3v) is 8.18. The van der Waals surface area contributed by atoms with Crippen LogP contribution in [-0.2, 0) is 23.1 Å². The Bertz CT molecular complexity index is 1030. The topological polar surface area (TPSA) is 180 Å². The Labute approximate surface area is 184 Å². The van der Waals surface area contributed by atoms with Gasteiger partial charge in [0.2, 0.25) is 0 Å². The van der Waals surface area contributed by atoms with Gasteiger partial charge in [0.1, 0.15) is 19.8 Å². The van der Waals surface area contributed by atoms with E-state index in [4.69, 9.17) is 14.0 Å². The predicted octanol–water partition coefficient (Wildman–Crippen LogP) is 0.452. The van der Waals surface area contributed by atoms with Gasteiger partial charge in [-0.05, 0) is 32.1 Å². The van der Waals surface area contributed by atoms with E-state index in [-0.39, 0.29) is 18.6 Å². The zero-order chi connectivity index (χ0) is 23.8. The van der Waals surface area contributed by atoms with E-state index in [1.807, 2.05) is 0 Å². The highest BCUT2D eigenvalue weighted by Gasteiger charge is 2.50. The van der Waals surface area contributed by atoms with Gasteiger partial charge in [-0.3, -0.25) is 18.9 Å². The van der Waals surface area contributed by atoms with Crippen LogP contribution in [0.15, 0.2) is 15.8 Å². The van der Waals surface area contributed by atoms with Crippen LogP contribution in [0.1, 0.15) is 44.9 Å². The predicted molar refractivity (Wildman–Crippen MR) is 112 cm³/mol. The lowest BCUT2D eigenvalue weighted by Crippen LogP contribution is -2.41. The molecule has 182 valence electrons. The number of aromatic amines is 1. The average Bonchev–Trinajstić information content (AvgIpc) is 3.43. The number of ether oxygens (including phenoxy) is 2. The fraction of sp³-hybridized carbons (Fsp3) is 0.778. The Morgan fingerprint density at radius 3 is 2.50 bits per heavy atom. The van der Waals surface area contributed by atoms with Crippen molar-refractivity contribution in [1.82, 2.24) is 9.55 Å². The van der Waals surface area contributed by atoms with Crippen LogP contribution in [0, 0.1) is 12.8 Å². The second-order valence-corrected chi connectivity index (χ2v) is 12.8. The van der Waals surface area contributed by atoms with Crippen LogP contribution < -0.4 is 16.1 Å². The first-order chi connectivity index (χ1) is 14.8.